The summed E-state index contributed by atoms with van der Waals surface area (Å²) < 4.78 is 16.8. The van der Waals surface area contributed by atoms with Crippen molar-refractivity contribution < 1.29 is 28.6 Å². The lowest BCUT2D eigenvalue weighted by Crippen LogP contribution is -2.30. The van der Waals surface area contributed by atoms with E-state index in [2.05, 4.69) is 41.5 Å². The molecule has 0 fully saturated rings. The van der Waals surface area contributed by atoms with Crippen molar-refractivity contribution >= 4 is 17.9 Å². The van der Waals surface area contributed by atoms with Gasteiger partial charge in [0.1, 0.15) is 13.2 Å². The minimum absolute atomic E-state index is 0.0654. The van der Waals surface area contributed by atoms with Crippen LogP contribution in [0.15, 0.2) is 0 Å². The molecule has 338 valence electrons. The Hall–Kier alpha value is -1.59. The van der Waals surface area contributed by atoms with Gasteiger partial charge in [-0.05, 0) is 37.0 Å². The summed E-state index contributed by atoms with van der Waals surface area (Å²) in [4.78, 5) is 37.9. The molecule has 0 bridgehead atoms. The fraction of sp³-hybridized carbons (Fsp3) is 0.941. The molecule has 0 amide bonds. The van der Waals surface area contributed by atoms with Gasteiger partial charge in [0.25, 0.3) is 0 Å². The number of rotatable bonds is 44. The van der Waals surface area contributed by atoms with E-state index in [0.29, 0.717) is 19.3 Å². The first-order valence-corrected chi connectivity index (χ1v) is 25.1. The lowest BCUT2D eigenvalue weighted by atomic mass is 9.99. The summed E-state index contributed by atoms with van der Waals surface area (Å²) in [6, 6.07) is 0. The van der Waals surface area contributed by atoms with E-state index in [1.807, 2.05) is 0 Å². The molecular weight excluding hydrogens is 709 g/mol. The Bertz CT molecular complexity index is 885. The van der Waals surface area contributed by atoms with Crippen molar-refractivity contribution in [3.05, 3.63) is 0 Å². The van der Waals surface area contributed by atoms with E-state index in [0.717, 1.165) is 75.5 Å². The molecular formula is C51H98O6. The molecule has 0 spiro atoms. The predicted molar refractivity (Wildman–Crippen MR) is 243 cm³/mol. The Balaban J connectivity index is 4.34. The van der Waals surface area contributed by atoms with Gasteiger partial charge in [0.2, 0.25) is 0 Å². The van der Waals surface area contributed by atoms with Crippen LogP contribution in [0.2, 0.25) is 0 Å². The van der Waals surface area contributed by atoms with Crippen molar-refractivity contribution in [3.8, 4) is 0 Å². The van der Waals surface area contributed by atoms with Crippen molar-refractivity contribution in [2.45, 2.75) is 279 Å². The largest absolute Gasteiger partial charge is 0.462 e. The van der Waals surface area contributed by atoms with Crippen molar-refractivity contribution in [2.75, 3.05) is 13.2 Å². The molecule has 0 saturated carbocycles. The van der Waals surface area contributed by atoms with E-state index in [1.54, 1.807) is 0 Å². The van der Waals surface area contributed by atoms with Crippen LogP contribution in [0.5, 0.6) is 0 Å². The Kier molecular flexibility index (Phi) is 41.3. The molecule has 0 aromatic carbocycles. The molecule has 6 nitrogen and oxygen atoms in total. The first-order valence-electron chi connectivity index (χ1n) is 25.1. The zero-order valence-corrected chi connectivity index (χ0v) is 39.1. The summed E-state index contributed by atoms with van der Waals surface area (Å²) in [5, 5.41) is 0. The van der Waals surface area contributed by atoms with Crippen LogP contribution in [-0.4, -0.2) is 37.2 Å². The molecule has 0 rings (SSSR count). The van der Waals surface area contributed by atoms with E-state index in [9.17, 15) is 14.4 Å². The quantitative estimate of drug-likeness (QED) is 0.0347. The summed E-state index contributed by atoms with van der Waals surface area (Å²) in [7, 11) is 0. The highest BCUT2D eigenvalue weighted by Crippen LogP contribution is 2.18. The molecule has 57 heavy (non-hydrogen) atoms. The first kappa shape index (κ1) is 55.4. The number of unbranched alkanes of at least 4 members (excludes halogenated alkanes) is 26. The molecule has 0 N–H and O–H groups in total. The fourth-order valence-electron chi connectivity index (χ4n) is 7.55. The molecule has 0 aliphatic heterocycles. The lowest BCUT2D eigenvalue weighted by Gasteiger charge is -2.18. The molecule has 0 saturated heterocycles. The Morgan fingerprint density at radius 3 is 0.912 bits per heavy atom. The minimum Gasteiger partial charge on any atom is -0.462 e. The SMILES string of the molecule is CCC(C)CCCCCCCCCCCCC(=O)O[C@@H](COC(=O)CCCCCCCCCCCCC(C)C)COC(=O)CCCCCCCCCCCC(C)C. The van der Waals surface area contributed by atoms with Gasteiger partial charge >= 0.3 is 17.9 Å². The highest BCUT2D eigenvalue weighted by Gasteiger charge is 2.19. The fourth-order valence-corrected chi connectivity index (χ4v) is 7.55. The highest BCUT2D eigenvalue weighted by molar-refractivity contribution is 5.71. The van der Waals surface area contributed by atoms with Gasteiger partial charge in [0.15, 0.2) is 6.10 Å². The maximum atomic E-state index is 12.8. The van der Waals surface area contributed by atoms with Gasteiger partial charge in [-0.15, -0.1) is 0 Å². The molecule has 0 aliphatic carbocycles. The van der Waals surface area contributed by atoms with E-state index >= 15 is 0 Å². The van der Waals surface area contributed by atoms with Gasteiger partial charge in [-0.1, -0.05) is 234 Å². The van der Waals surface area contributed by atoms with E-state index in [1.165, 1.54) is 154 Å². The van der Waals surface area contributed by atoms with Gasteiger partial charge in [-0.2, -0.15) is 0 Å². The second kappa shape index (κ2) is 42.5. The monoisotopic (exact) mass is 807 g/mol. The van der Waals surface area contributed by atoms with Crippen molar-refractivity contribution in [1.82, 2.24) is 0 Å². The Morgan fingerprint density at radius 2 is 0.614 bits per heavy atom. The van der Waals surface area contributed by atoms with Gasteiger partial charge in [0, 0.05) is 19.3 Å². The van der Waals surface area contributed by atoms with Gasteiger partial charge in [-0.3, -0.25) is 14.4 Å². The molecule has 1 unspecified atom stereocenters. The topological polar surface area (TPSA) is 78.9 Å². The maximum absolute atomic E-state index is 12.8. The van der Waals surface area contributed by atoms with E-state index < -0.39 is 6.10 Å². The summed E-state index contributed by atoms with van der Waals surface area (Å²) in [5.74, 6) is 1.64. The smallest absolute Gasteiger partial charge is 0.306 e. The van der Waals surface area contributed by atoms with Crippen LogP contribution in [-0.2, 0) is 28.6 Å². The average molecular weight is 807 g/mol. The number of carbonyl (C=O) groups is 3. The third-order valence-electron chi connectivity index (χ3n) is 11.8. The molecule has 0 aromatic rings. The summed E-state index contributed by atoms with van der Waals surface area (Å²) in [6.45, 7) is 13.7. The Labute approximate surface area is 355 Å². The maximum Gasteiger partial charge on any atom is 0.306 e. The third kappa shape index (κ3) is 43.8. The summed E-state index contributed by atoms with van der Waals surface area (Å²) in [5.41, 5.74) is 0. The number of esters is 3. The summed E-state index contributed by atoms with van der Waals surface area (Å²) >= 11 is 0. The predicted octanol–water partition coefficient (Wildman–Crippen LogP) is 16.0. The van der Waals surface area contributed by atoms with Crippen LogP contribution in [0.25, 0.3) is 0 Å². The first-order chi connectivity index (χ1) is 27.6. The molecule has 0 heterocycles. The highest BCUT2D eigenvalue weighted by atomic mass is 16.6. The second-order valence-electron chi connectivity index (χ2n) is 18.6. The van der Waals surface area contributed by atoms with Gasteiger partial charge < -0.3 is 14.2 Å². The zero-order valence-electron chi connectivity index (χ0n) is 39.1. The van der Waals surface area contributed by atoms with Crippen molar-refractivity contribution in [2.24, 2.45) is 17.8 Å². The second-order valence-corrected chi connectivity index (χ2v) is 18.6. The molecule has 2 atom stereocenters. The number of hydrogen-bond acceptors (Lipinski definition) is 6. The number of carbonyl (C=O) groups excluding carboxylic acids is 3. The van der Waals surface area contributed by atoms with Gasteiger partial charge in [-0.25, -0.2) is 0 Å². The van der Waals surface area contributed by atoms with Gasteiger partial charge in [0.05, 0.1) is 0 Å². The van der Waals surface area contributed by atoms with E-state index in [-0.39, 0.29) is 31.1 Å². The van der Waals surface area contributed by atoms with Crippen LogP contribution in [0, 0.1) is 17.8 Å². The third-order valence-corrected chi connectivity index (χ3v) is 11.8. The zero-order chi connectivity index (χ0) is 42.0. The van der Waals surface area contributed by atoms with Crippen LogP contribution in [0.4, 0.5) is 0 Å². The van der Waals surface area contributed by atoms with Crippen molar-refractivity contribution in [1.29, 1.82) is 0 Å². The Morgan fingerprint density at radius 1 is 0.351 bits per heavy atom. The van der Waals surface area contributed by atoms with Crippen LogP contribution in [0.1, 0.15) is 273 Å². The summed E-state index contributed by atoms with van der Waals surface area (Å²) in [6.07, 6.45) is 40.8. The van der Waals surface area contributed by atoms with Crippen LogP contribution < -0.4 is 0 Å². The molecule has 0 aliphatic rings. The van der Waals surface area contributed by atoms with Crippen molar-refractivity contribution in [3.63, 3.8) is 0 Å². The minimum atomic E-state index is -0.763. The molecule has 0 radical (unpaired) electrons. The number of ether oxygens (including phenoxy) is 3. The normalized spacial score (nSPS) is 12.6. The molecule has 6 heteroatoms. The number of hydrogen-bond donors (Lipinski definition) is 0. The van der Waals surface area contributed by atoms with E-state index in [4.69, 9.17) is 14.2 Å². The average Bonchev–Trinajstić information content (AvgIpc) is 3.18. The molecule has 0 aromatic heterocycles. The van der Waals surface area contributed by atoms with Crippen LogP contribution >= 0.6 is 0 Å². The van der Waals surface area contributed by atoms with Crippen LogP contribution in [0.3, 0.4) is 0 Å². The lowest BCUT2D eigenvalue weighted by molar-refractivity contribution is -0.167. The standard InChI is InChI=1S/C51H98O6/c1-7-47(6)39-33-27-21-15-9-11-17-24-30-36-42-51(54)57-48(44-56-50(53)41-35-29-23-18-12-14-20-26-32-38-46(4)5)43-55-49(52)40-34-28-22-16-10-8-13-19-25-31-37-45(2)3/h45-48H,7-44H2,1-6H3/t47?,48-/m0/s1.